The first-order valence-corrected chi connectivity index (χ1v) is 6.09. The highest BCUT2D eigenvalue weighted by molar-refractivity contribution is 7.98. The molecule has 94 valence electrons. The van der Waals surface area contributed by atoms with Crippen molar-refractivity contribution in [1.82, 2.24) is 0 Å². The number of alkyl halides is 3. The zero-order valence-corrected chi connectivity index (χ0v) is 9.81. The van der Waals surface area contributed by atoms with E-state index in [2.05, 4.69) is 0 Å². The van der Waals surface area contributed by atoms with Gasteiger partial charge in [0.25, 0.3) is 0 Å². The summed E-state index contributed by atoms with van der Waals surface area (Å²) in [5.41, 5.74) is 5.91. The number of halogens is 3. The zero-order valence-electron chi connectivity index (χ0n) is 9.00. The molecule has 0 spiro atoms. The Kier molecular flexibility index (Phi) is 4.86. The lowest BCUT2D eigenvalue weighted by Gasteiger charge is -2.18. The van der Waals surface area contributed by atoms with Crippen molar-refractivity contribution in [2.75, 3.05) is 5.75 Å². The van der Waals surface area contributed by atoms with Gasteiger partial charge in [-0.05, 0) is 5.56 Å². The summed E-state index contributed by atoms with van der Waals surface area (Å²) in [6.07, 6.45) is -4.43. The number of amidine groups is 1. The first-order valence-electron chi connectivity index (χ1n) is 4.93. The molecule has 0 fully saturated rings. The van der Waals surface area contributed by atoms with Crippen LogP contribution in [0.25, 0.3) is 0 Å². The molecule has 2 nitrogen and oxygen atoms in total. The number of hydrogen-bond acceptors (Lipinski definition) is 2. The standard InChI is InChI=1S/C11H13F3N2S/c12-11(13,14)9(10(15)16)7-17-6-8-4-2-1-3-5-8/h1-5,9H,6-7H2,(H3,15,16). The average molecular weight is 262 g/mol. The molecule has 0 radical (unpaired) electrons. The lowest BCUT2D eigenvalue weighted by atomic mass is 10.1. The van der Waals surface area contributed by atoms with Gasteiger partial charge in [0.05, 0.1) is 0 Å². The fourth-order valence-corrected chi connectivity index (χ4v) is 2.38. The van der Waals surface area contributed by atoms with Crippen molar-refractivity contribution in [2.45, 2.75) is 11.9 Å². The molecule has 17 heavy (non-hydrogen) atoms. The van der Waals surface area contributed by atoms with Gasteiger partial charge in [0, 0.05) is 11.5 Å². The number of rotatable bonds is 5. The lowest BCUT2D eigenvalue weighted by Crippen LogP contribution is -2.37. The highest BCUT2D eigenvalue weighted by Crippen LogP contribution is 2.29. The molecule has 1 atom stereocenters. The summed E-state index contributed by atoms with van der Waals surface area (Å²) < 4.78 is 37.4. The first-order chi connectivity index (χ1) is 7.91. The second-order valence-electron chi connectivity index (χ2n) is 3.55. The number of benzene rings is 1. The normalized spacial score (nSPS) is 13.4. The summed E-state index contributed by atoms with van der Waals surface area (Å²) in [7, 11) is 0. The minimum Gasteiger partial charge on any atom is -0.387 e. The van der Waals surface area contributed by atoms with E-state index < -0.39 is 17.9 Å². The molecule has 0 bridgehead atoms. The van der Waals surface area contributed by atoms with Gasteiger partial charge in [-0.15, -0.1) is 0 Å². The molecule has 1 aromatic rings. The molecule has 0 aliphatic rings. The maximum Gasteiger partial charge on any atom is 0.399 e. The molecule has 0 aromatic heterocycles. The second-order valence-corrected chi connectivity index (χ2v) is 4.58. The van der Waals surface area contributed by atoms with Crippen LogP contribution in [0.5, 0.6) is 0 Å². The van der Waals surface area contributed by atoms with E-state index in [9.17, 15) is 13.2 Å². The van der Waals surface area contributed by atoms with Crippen LogP contribution in [0.15, 0.2) is 30.3 Å². The fourth-order valence-electron chi connectivity index (χ4n) is 1.23. The number of nitrogens with one attached hydrogen (secondary N) is 1. The third-order valence-electron chi connectivity index (χ3n) is 2.17. The quantitative estimate of drug-likeness (QED) is 0.633. The molecule has 1 unspecified atom stereocenters. The van der Waals surface area contributed by atoms with E-state index in [0.717, 1.165) is 17.3 Å². The Morgan fingerprint density at radius 2 is 1.88 bits per heavy atom. The van der Waals surface area contributed by atoms with E-state index in [1.54, 1.807) is 0 Å². The van der Waals surface area contributed by atoms with Gasteiger partial charge < -0.3 is 5.73 Å². The van der Waals surface area contributed by atoms with Crippen molar-refractivity contribution in [1.29, 1.82) is 5.41 Å². The third kappa shape index (κ3) is 4.68. The predicted molar refractivity (Wildman–Crippen MR) is 64.1 cm³/mol. The maximum atomic E-state index is 12.5. The lowest BCUT2D eigenvalue weighted by molar-refractivity contribution is -0.150. The van der Waals surface area contributed by atoms with Crippen molar-refractivity contribution in [2.24, 2.45) is 11.7 Å². The highest BCUT2D eigenvalue weighted by Gasteiger charge is 2.41. The SMILES string of the molecule is N=C(N)C(CSCc1ccccc1)C(F)(F)F. The molecule has 0 amide bonds. The van der Waals surface area contributed by atoms with Crippen molar-refractivity contribution in [3.8, 4) is 0 Å². The van der Waals surface area contributed by atoms with E-state index in [4.69, 9.17) is 11.1 Å². The van der Waals surface area contributed by atoms with Crippen LogP contribution >= 0.6 is 11.8 Å². The molecule has 0 saturated carbocycles. The summed E-state index contributed by atoms with van der Waals surface area (Å²) in [4.78, 5) is 0. The Bertz CT molecular complexity index is 365. The fraction of sp³-hybridized carbons (Fsp3) is 0.364. The number of thioether (sulfide) groups is 1. The topological polar surface area (TPSA) is 49.9 Å². The molecule has 0 heterocycles. The summed E-state index contributed by atoms with van der Waals surface area (Å²) >= 11 is 1.13. The van der Waals surface area contributed by atoms with Gasteiger partial charge in [-0.2, -0.15) is 24.9 Å². The highest BCUT2D eigenvalue weighted by atomic mass is 32.2. The molecule has 6 heteroatoms. The zero-order chi connectivity index (χ0) is 12.9. The molecule has 0 saturated heterocycles. The van der Waals surface area contributed by atoms with Crippen LogP contribution in [-0.2, 0) is 5.75 Å². The van der Waals surface area contributed by atoms with E-state index in [1.165, 1.54) is 0 Å². The van der Waals surface area contributed by atoms with Crippen molar-refractivity contribution >= 4 is 17.6 Å². The first kappa shape index (κ1) is 13.9. The van der Waals surface area contributed by atoms with Gasteiger partial charge in [0.1, 0.15) is 11.8 Å². The van der Waals surface area contributed by atoms with Gasteiger partial charge in [-0.3, -0.25) is 5.41 Å². The largest absolute Gasteiger partial charge is 0.399 e. The molecular weight excluding hydrogens is 249 g/mol. The van der Waals surface area contributed by atoms with Crippen molar-refractivity contribution in [3.63, 3.8) is 0 Å². The number of hydrogen-bond donors (Lipinski definition) is 2. The molecule has 3 N–H and O–H groups in total. The smallest absolute Gasteiger partial charge is 0.387 e. The minimum atomic E-state index is -4.43. The van der Waals surface area contributed by atoms with Gasteiger partial charge in [0.15, 0.2) is 0 Å². The Labute approximate surface area is 102 Å². The summed E-state index contributed by atoms with van der Waals surface area (Å²) in [6, 6.07) is 9.22. The second kappa shape index (κ2) is 5.95. The maximum absolute atomic E-state index is 12.5. The van der Waals surface area contributed by atoms with Gasteiger partial charge in [0.2, 0.25) is 0 Å². The Balaban J connectivity index is 2.46. The van der Waals surface area contributed by atoms with Crippen LogP contribution in [0, 0.1) is 11.3 Å². The number of nitrogens with two attached hydrogens (primary N) is 1. The molecule has 0 aliphatic heterocycles. The van der Waals surface area contributed by atoms with E-state index in [1.807, 2.05) is 30.3 Å². The van der Waals surface area contributed by atoms with Crippen LogP contribution in [0.4, 0.5) is 13.2 Å². The third-order valence-corrected chi connectivity index (χ3v) is 3.27. The molecule has 1 aromatic carbocycles. The monoisotopic (exact) mass is 262 g/mol. The van der Waals surface area contributed by atoms with Crippen molar-refractivity contribution < 1.29 is 13.2 Å². The Morgan fingerprint density at radius 3 is 2.35 bits per heavy atom. The predicted octanol–water partition coefficient (Wildman–Crippen LogP) is 3.03. The van der Waals surface area contributed by atoms with Crippen molar-refractivity contribution in [3.05, 3.63) is 35.9 Å². The summed E-state index contributed by atoms with van der Waals surface area (Å²) in [6.45, 7) is 0. The Morgan fingerprint density at radius 1 is 1.29 bits per heavy atom. The van der Waals surface area contributed by atoms with E-state index in [0.29, 0.717) is 5.75 Å². The summed E-state index contributed by atoms with van der Waals surface area (Å²) in [5, 5.41) is 6.93. The van der Waals surface area contributed by atoms with Gasteiger partial charge in [-0.25, -0.2) is 0 Å². The van der Waals surface area contributed by atoms with Crippen LogP contribution in [0.2, 0.25) is 0 Å². The van der Waals surface area contributed by atoms with Crippen LogP contribution < -0.4 is 5.73 Å². The van der Waals surface area contributed by atoms with Gasteiger partial charge in [-0.1, -0.05) is 30.3 Å². The molecule has 1 rings (SSSR count). The van der Waals surface area contributed by atoms with E-state index >= 15 is 0 Å². The average Bonchev–Trinajstić information content (AvgIpc) is 2.23. The molecular formula is C11H13F3N2S. The van der Waals surface area contributed by atoms with Crippen LogP contribution in [-0.4, -0.2) is 17.8 Å². The van der Waals surface area contributed by atoms with Crippen LogP contribution in [0.3, 0.4) is 0 Å². The van der Waals surface area contributed by atoms with E-state index in [-0.39, 0.29) is 5.75 Å². The van der Waals surface area contributed by atoms with Gasteiger partial charge >= 0.3 is 6.18 Å². The Hall–Kier alpha value is -1.17. The summed E-state index contributed by atoms with van der Waals surface area (Å²) in [5.74, 6) is -2.40. The minimum absolute atomic E-state index is 0.215. The molecule has 0 aliphatic carbocycles. The van der Waals surface area contributed by atoms with Crippen LogP contribution in [0.1, 0.15) is 5.56 Å².